The smallest absolute Gasteiger partial charge is 0.268 e. The first-order chi connectivity index (χ1) is 16.2. The van der Waals surface area contributed by atoms with Gasteiger partial charge >= 0.3 is 0 Å². The summed E-state index contributed by atoms with van der Waals surface area (Å²) >= 11 is 0. The van der Waals surface area contributed by atoms with Crippen LogP contribution in [0, 0.1) is 0 Å². The summed E-state index contributed by atoms with van der Waals surface area (Å²) in [5.74, 6) is 0.231. The van der Waals surface area contributed by atoms with Crippen LogP contribution in [0.2, 0.25) is 0 Å². The molecule has 2 amide bonds. The number of amides is 2. The van der Waals surface area contributed by atoms with Gasteiger partial charge in [0.1, 0.15) is 5.69 Å². The van der Waals surface area contributed by atoms with Gasteiger partial charge in [-0.15, -0.1) is 0 Å². The van der Waals surface area contributed by atoms with E-state index < -0.39 is 0 Å². The predicted molar refractivity (Wildman–Crippen MR) is 134 cm³/mol. The zero-order chi connectivity index (χ0) is 24.0. The van der Waals surface area contributed by atoms with Crippen LogP contribution in [0.15, 0.2) is 48.5 Å². The van der Waals surface area contributed by atoms with Crippen LogP contribution in [0.4, 0.5) is 5.95 Å². The first kappa shape index (κ1) is 22.2. The predicted octanol–water partition coefficient (Wildman–Crippen LogP) is 3.67. The molecular weight excluding hydrogens is 428 g/mol. The second kappa shape index (κ2) is 8.29. The minimum Gasteiger partial charge on any atom is -0.348 e. The number of nitrogens with zero attached hydrogens (tertiary/aromatic N) is 4. The Morgan fingerprint density at radius 3 is 2.74 bits per heavy atom. The molecule has 0 radical (unpaired) electrons. The lowest BCUT2D eigenvalue weighted by atomic mass is 10.0. The van der Waals surface area contributed by atoms with E-state index in [1.165, 1.54) is 0 Å². The van der Waals surface area contributed by atoms with Gasteiger partial charge in [0.15, 0.2) is 0 Å². The molecule has 8 nitrogen and oxygen atoms in total. The highest BCUT2D eigenvalue weighted by Crippen LogP contribution is 2.31. The third kappa shape index (κ3) is 3.84. The van der Waals surface area contributed by atoms with Crippen molar-refractivity contribution in [2.24, 2.45) is 0 Å². The number of benzene rings is 2. The van der Waals surface area contributed by atoms with Gasteiger partial charge in [0.2, 0.25) is 5.95 Å². The number of carbonyl (C=O) groups is 2. The Kier molecular flexibility index (Phi) is 5.40. The van der Waals surface area contributed by atoms with E-state index in [9.17, 15) is 9.59 Å². The molecule has 1 aliphatic rings. The molecule has 0 bridgehead atoms. The van der Waals surface area contributed by atoms with Gasteiger partial charge in [0.05, 0.1) is 16.6 Å². The van der Waals surface area contributed by atoms with E-state index in [1.54, 1.807) is 6.07 Å². The van der Waals surface area contributed by atoms with Gasteiger partial charge in [0, 0.05) is 29.6 Å². The minimum atomic E-state index is -0.291. The fraction of sp³-hybridized carbons (Fsp3) is 0.346. The third-order valence-electron chi connectivity index (χ3n) is 6.45. The van der Waals surface area contributed by atoms with Gasteiger partial charge in [-0.3, -0.25) is 14.9 Å². The fourth-order valence-electron chi connectivity index (χ4n) is 4.74. The Morgan fingerprint density at radius 2 is 1.94 bits per heavy atom. The van der Waals surface area contributed by atoms with Crippen LogP contribution in [0.3, 0.4) is 0 Å². The maximum atomic E-state index is 13.3. The summed E-state index contributed by atoms with van der Waals surface area (Å²) in [5, 5.41) is 6.92. The molecule has 0 aliphatic carbocycles. The first-order valence-electron chi connectivity index (χ1n) is 11.6. The van der Waals surface area contributed by atoms with E-state index >= 15 is 0 Å². The van der Waals surface area contributed by atoms with Crippen LogP contribution in [-0.2, 0) is 12.1 Å². The number of hydrogen-bond acceptors (Lipinski definition) is 4. The lowest BCUT2D eigenvalue weighted by Gasteiger charge is -2.34. The summed E-state index contributed by atoms with van der Waals surface area (Å²) in [5.41, 5.74) is 3.59. The number of nitrogens with one attached hydrogen (secondary N) is 2. The number of hydrogen-bond donors (Lipinski definition) is 2. The van der Waals surface area contributed by atoms with Crippen molar-refractivity contribution < 1.29 is 9.59 Å². The van der Waals surface area contributed by atoms with Gasteiger partial charge < -0.3 is 19.4 Å². The number of aryl methyl sites for hydroxylation is 1. The summed E-state index contributed by atoms with van der Waals surface area (Å²) in [7, 11) is 4.10. The van der Waals surface area contributed by atoms with Crippen LogP contribution in [-0.4, -0.2) is 58.0 Å². The number of aromatic nitrogens is 3. The number of carbonyl (C=O) groups excluding carboxylic acids is 2. The molecule has 34 heavy (non-hydrogen) atoms. The Balaban J connectivity index is 1.49. The van der Waals surface area contributed by atoms with Gasteiger partial charge in [-0.1, -0.05) is 18.2 Å². The fourth-order valence-corrected chi connectivity index (χ4v) is 4.74. The number of anilines is 1. The summed E-state index contributed by atoms with van der Waals surface area (Å²) in [6.07, 6.45) is 0.940. The van der Waals surface area contributed by atoms with E-state index in [0.717, 1.165) is 41.4 Å². The monoisotopic (exact) mass is 458 g/mol. The molecule has 4 aromatic rings. The molecular formula is C26H30N6O2. The molecule has 0 unspecified atom stereocenters. The van der Waals surface area contributed by atoms with Crippen LogP contribution >= 0.6 is 0 Å². The second-order valence-corrected chi connectivity index (χ2v) is 9.82. The average Bonchev–Trinajstić information content (AvgIpc) is 3.35. The summed E-state index contributed by atoms with van der Waals surface area (Å²) in [4.78, 5) is 32.6. The standard InChI is InChI=1S/C26H30N6O2/c1-26(2)16-27-24(34)22-14-17-10-11-18(15-21(17)32(22)26)23(33)29-25-28-19-8-5-6-9-20(19)31(25)13-7-12-30(3)4/h5-6,8-11,14-15H,7,12-13,16H2,1-4H3,(H,27,34)(H,28,29,33). The Labute approximate surface area is 198 Å². The second-order valence-electron chi connectivity index (χ2n) is 9.82. The maximum Gasteiger partial charge on any atom is 0.268 e. The SMILES string of the molecule is CN(C)CCCn1c(NC(=O)c2ccc3cc4n(c3c2)C(C)(C)CNC4=O)nc2ccccc21. The molecule has 2 aromatic carbocycles. The summed E-state index contributed by atoms with van der Waals surface area (Å²) < 4.78 is 4.11. The van der Waals surface area contributed by atoms with Crippen LogP contribution in [0.5, 0.6) is 0 Å². The topological polar surface area (TPSA) is 84.2 Å². The normalized spacial score (nSPS) is 15.0. The number of para-hydroxylation sites is 2. The van der Waals surface area contributed by atoms with Crippen LogP contribution < -0.4 is 10.6 Å². The lowest BCUT2D eigenvalue weighted by Crippen LogP contribution is -2.47. The van der Waals surface area contributed by atoms with E-state index in [0.29, 0.717) is 23.8 Å². The van der Waals surface area contributed by atoms with Gasteiger partial charge in [-0.05, 0) is 71.2 Å². The molecule has 1 aliphatic heterocycles. The summed E-state index contributed by atoms with van der Waals surface area (Å²) in [6.45, 7) is 6.40. The van der Waals surface area contributed by atoms with Crippen molar-refractivity contribution in [3.63, 3.8) is 0 Å². The van der Waals surface area contributed by atoms with Crippen molar-refractivity contribution in [2.45, 2.75) is 32.4 Å². The largest absolute Gasteiger partial charge is 0.348 e. The van der Waals surface area contributed by atoms with Crippen molar-refractivity contribution in [3.8, 4) is 0 Å². The van der Waals surface area contributed by atoms with Crippen molar-refractivity contribution >= 4 is 39.7 Å². The van der Waals surface area contributed by atoms with Crippen LogP contribution in [0.1, 0.15) is 41.1 Å². The highest BCUT2D eigenvalue weighted by atomic mass is 16.2. The van der Waals surface area contributed by atoms with Crippen molar-refractivity contribution in [1.82, 2.24) is 24.3 Å². The molecule has 0 saturated carbocycles. The third-order valence-corrected chi connectivity index (χ3v) is 6.45. The van der Waals surface area contributed by atoms with E-state index in [4.69, 9.17) is 4.98 Å². The summed E-state index contributed by atoms with van der Waals surface area (Å²) in [6, 6.07) is 15.4. The van der Waals surface area contributed by atoms with Gasteiger partial charge in [0.25, 0.3) is 11.8 Å². The van der Waals surface area contributed by atoms with Crippen LogP contribution in [0.25, 0.3) is 21.9 Å². The quantitative estimate of drug-likeness (QED) is 0.462. The number of imidazole rings is 1. The van der Waals surface area contributed by atoms with Gasteiger partial charge in [-0.25, -0.2) is 4.98 Å². The van der Waals surface area contributed by atoms with Crippen molar-refractivity contribution in [2.75, 3.05) is 32.5 Å². The lowest BCUT2D eigenvalue weighted by molar-refractivity contribution is 0.0891. The molecule has 2 aromatic heterocycles. The molecule has 0 spiro atoms. The number of fused-ring (bicyclic) bond motifs is 4. The Bertz CT molecular complexity index is 1410. The highest BCUT2D eigenvalue weighted by molar-refractivity contribution is 6.07. The maximum absolute atomic E-state index is 13.3. The van der Waals surface area contributed by atoms with Gasteiger partial charge in [-0.2, -0.15) is 0 Å². The van der Waals surface area contributed by atoms with E-state index in [1.807, 2.05) is 47.0 Å². The van der Waals surface area contributed by atoms with E-state index in [-0.39, 0.29) is 17.4 Å². The molecule has 2 N–H and O–H groups in total. The zero-order valence-corrected chi connectivity index (χ0v) is 20.1. The minimum absolute atomic E-state index is 0.0898. The first-order valence-corrected chi connectivity index (χ1v) is 11.6. The molecule has 3 heterocycles. The molecule has 0 atom stereocenters. The Morgan fingerprint density at radius 1 is 1.15 bits per heavy atom. The molecule has 0 fully saturated rings. The average molecular weight is 459 g/mol. The molecule has 0 saturated heterocycles. The van der Waals surface area contributed by atoms with Crippen molar-refractivity contribution in [3.05, 3.63) is 59.8 Å². The highest BCUT2D eigenvalue weighted by Gasteiger charge is 2.32. The number of rotatable bonds is 6. The molecule has 8 heteroatoms. The van der Waals surface area contributed by atoms with E-state index in [2.05, 4.69) is 48.0 Å². The zero-order valence-electron chi connectivity index (χ0n) is 20.1. The molecule has 176 valence electrons. The molecule has 5 rings (SSSR count). The van der Waals surface area contributed by atoms with Crippen molar-refractivity contribution in [1.29, 1.82) is 0 Å². The Hall–Kier alpha value is -3.65.